The summed E-state index contributed by atoms with van der Waals surface area (Å²) in [6.07, 6.45) is 0.779. The lowest BCUT2D eigenvalue weighted by Gasteiger charge is -2.22. The van der Waals surface area contributed by atoms with E-state index in [9.17, 15) is 9.59 Å². The van der Waals surface area contributed by atoms with Crippen LogP contribution in [0, 0.1) is 0 Å². The highest BCUT2D eigenvalue weighted by Gasteiger charge is 2.21. The third kappa shape index (κ3) is 4.22. The lowest BCUT2D eigenvalue weighted by Crippen LogP contribution is -2.15. The van der Waals surface area contributed by atoms with Crippen LogP contribution in [-0.4, -0.2) is 19.4 Å². The lowest BCUT2D eigenvalue weighted by molar-refractivity contribution is 0.0472. The number of hydrogen-bond donors (Lipinski definition) is 0. The average molecular weight is 326 g/mol. The second-order valence-corrected chi connectivity index (χ2v) is 6.60. The molecule has 0 saturated carbocycles. The van der Waals surface area contributed by atoms with Crippen LogP contribution < -0.4 is 4.74 Å². The molecule has 0 spiro atoms. The van der Waals surface area contributed by atoms with E-state index >= 15 is 0 Å². The van der Waals surface area contributed by atoms with Crippen LogP contribution in [-0.2, 0) is 16.8 Å². The van der Waals surface area contributed by atoms with Crippen molar-refractivity contribution >= 4 is 12.3 Å². The molecule has 24 heavy (non-hydrogen) atoms. The van der Waals surface area contributed by atoms with Crippen LogP contribution in [0.5, 0.6) is 5.75 Å². The quantitative estimate of drug-likeness (QED) is 0.611. The van der Waals surface area contributed by atoms with Crippen molar-refractivity contribution in [1.29, 1.82) is 0 Å². The minimum Gasteiger partial charge on any atom is -0.496 e. The summed E-state index contributed by atoms with van der Waals surface area (Å²) in [7, 11) is 1.62. The molecule has 2 aromatic carbocycles. The Kier molecular flexibility index (Phi) is 5.39. The Balaban J connectivity index is 2.13. The summed E-state index contributed by atoms with van der Waals surface area (Å²) < 4.78 is 10.7. The highest BCUT2D eigenvalue weighted by atomic mass is 16.5. The number of benzene rings is 2. The van der Waals surface area contributed by atoms with Gasteiger partial charge in [0, 0.05) is 11.1 Å². The summed E-state index contributed by atoms with van der Waals surface area (Å²) in [4.78, 5) is 22.9. The molecule has 4 heteroatoms. The van der Waals surface area contributed by atoms with Gasteiger partial charge in [-0.25, -0.2) is 4.79 Å². The van der Waals surface area contributed by atoms with Gasteiger partial charge in [0.05, 0.1) is 12.7 Å². The van der Waals surface area contributed by atoms with Gasteiger partial charge < -0.3 is 9.47 Å². The van der Waals surface area contributed by atoms with E-state index in [4.69, 9.17) is 9.47 Å². The van der Waals surface area contributed by atoms with Crippen LogP contribution in [0.1, 0.15) is 52.6 Å². The number of rotatable bonds is 5. The summed E-state index contributed by atoms with van der Waals surface area (Å²) in [5.41, 5.74) is 2.72. The molecule has 0 aromatic heterocycles. The Hall–Kier alpha value is -2.62. The van der Waals surface area contributed by atoms with Crippen molar-refractivity contribution < 1.29 is 19.1 Å². The molecule has 0 fully saturated rings. The number of carbonyl (C=O) groups excluding carboxylic acids is 2. The van der Waals surface area contributed by atoms with Crippen molar-refractivity contribution in [1.82, 2.24) is 0 Å². The number of hydrogen-bond acceptors (Lipinski definition) is 4. The van der Waals surface area contributed by atoms with Gasteiger partial charge in [0.15, 0.2) is 0 Å². The molecule has 0 heterocycles. The highest BCUT2D eigenvalue weighted by molar-refractivity contribution is 5.90. The second kappa shape index (κ2) is 7.30. The lowest BCUT2D eigenvalue weighted by atomic mass is 9.85. The summed E-state index contributed by atoms with van der Waals surface area (Å²) >= 11 is 0. The van der Waals surface area contributed by atoms with Crippen molar-refractivity contribution in [2.75, 3.05) is 7.11 Å². The molecule has 126 valence electrons. The molecule has 0 amide bonds. The fraction of sp³-hybridized carbons (Fsp3) is 0.300. The van der Waals surface area contributed by atoms with E-state index in [1.54, 1.807) is 43.5 Å². The SMILES string of the molecule is COc1ccc(C(=O)OCc2ccc(C=O)cc2)cc1C(C)(C)C. The van der Waals surface area contributed by atoms with E-state index in [2.05, 4.69) is 20.8 Å². The van der Waals surface area contributed by atoms with Crippen molar-refractivity contribution in [3.05, 3.63) is 64.7 Å². The second-order valence-electron chi connectivity index (χ2n) is 6.60. The molecule has 0 aliphatic rings. The molecule has 4 nitrogen and oxygen atoms in total. The van der Waals surface area contributed by atoms with E-state index in [1.807, 2.05) is 6.07 Å². The van der Waals surface area contributed by atoms with E-state index in [-0.39, 0.29) is 18.0 Å². The molecule has 2 aromatic rings. The maximum Gasteiger partial charge on any atom is 0.338 e. The van der Waals surface area contributed by atoms with Gasteiger partial charge in [-0.3, -0.25) is 4.79 Å². The fourth-order valence-electron chi connectivity index (χ4n) is 2.35. The molecule has 0 aliphatic carbocycles. The van der Waals surface area contributed by atoms with Gasteiger partial charge in [0.25, 0.3) is 0 Å². The standard InChI is InChI=1S/C20H22O4/c1-20(2,3)17-11-16(9-10-18(17)23-4)19(22)24-13-15-7-5-14(12-21)6-8-15/h5-12H,13H2,1-4H3. The van der Waals surface area contributed by atoms with Crippen LogP contribution in [0.15, 0.2) is 42.5 Å². The molecule has 0 N–H and O–H groups in total. The highest BCUT2D eigenvalue weighted by Crippen LogP contribution is 2.32. The largest absolute Gasteiger partial charge is 0.496 e. The molecule has 0 radical (unpaired) electrons. The van der Waals surface area contributed by atoms with Crippen molar-refractivity contribution in [2.24, 2.45) is 0 Å². The smallest absolute Gasteiger partial charge is 0.338 e. The first-order valence-electron chi connectivity index (χ1n) is 7.75. The number of carbonyl (C=O) groups is 2. The molecular weight excluding hydrogens is 304 g/mol. The predicted octanol–water partition coefficient (Wildman–Crippen LogP) is 4.16. The molecule has 2 rings (SSSR count). The first kappa shape index (κ1) is 17.7. The summed E-state index contributed by atoms with van der Waals surface area (Å²) in [5, 5.41) is 0. The van der Waals surface area contributed by atoms with Gasteiger partial charge in [-0.15, -0.1) is 0 Å². The van der Waals surface area contributed by atoms with Gasteiger partial charge in [-0.2, -0.15) is 0 Å². The number of methoxy groups -OCH3 is 1. The minimum absolute atomic E-state index is 0.147. The summed E-state index contributed by atoms with van der Waals surface area (Å²) in [5.74, 6) is 0.367. The van der Waals surface area contributed by atoms with Gasteiger partial charge in [-0.05, 0) is 29.2 Å². The summed E-state index contributed by atoms with van der Waals surface area (Å²) in [6, 6.07) is 12.2. The number of ether oxygens (including phenoxy) is 2. The molecule has 0 atom stereocenters. The van der Waals surface area contributed by atoms with Gasteiger partial charge in [-0.1, -0.05) is 45.0 Å². The molecule has 0 unspecified atom stereocenters. The number of esters is 1. The molecule has 0 bridgehead atoms. The summed E-state index contributed by atoms with van der Waals surface area (Å²) in [6.45, 7) is 6.35. The van der Waals surface area contributed by atoms with Crippen LogP contribution in [0.4, 0.5) is 0 Å². The zero-order valence-electron chi connectivity index (χ0n) is 14.5. The van der Waals surface area contributed by atoms with Crippen LogP contribution in [0.2, 0.25) is 0 Å². The average Bonchev–Trinajstić information content (AvgIpc) is 2.58. The minimum atomic E-state index is -0.386. The van der Waals surface area contributed by atoms with Crippen LogP contribution in [0.3, 0.4) is 0 Å². The molecule has 0 aliphatic heterocycles. The Morgan fingerprint density at radius 2 is 1.75 bits per heavy atom. The predicted molar refractivity (Wildman–Crippen MR) is 92.6 cm³/mol. The van der Waals surface area contributed by atoms with Crippen LogP contribution >= 0.6 is 0 Å². The first-order chi connectivity index (χ1) is 11.3. The van der Waals surface area contributed by atoms with E-state index in [0.717, 1.165) is 23.2 Å². The van der Waals surface area contributed by atoms with Gasteiger partial charge in [0.2, 0.25) is 0 Å². The Labute approximate surface area is 142 Å². The Morgan fingerprint density at radius 1 is 1.08 bits per heavy atom. The third-order valence-corrected chi connectivity index (χ3v) is 3.73. The topological polar surface area (TPSA) is 52.6 Å². The maximum absolute atomic E-state index is 12.3. The van der Waals surface area contributed by atoms with E-state index in [1.165, 1.54) is 0 Å². The zero-order valence-corrected chi connectivity index (χ0v) is 14.5. The molecular formula is C20H22O4. The Bertz CT molecular complexity index is 724. The van der Waals surface area contributed by atoms with Crippen molar-refractivity contribution in [3.8, 4) is 5.75 Å². The van der Waals surface area contributed by atoms with Crippen molar-refractivity contribution in [3.63, 3.8) is 0 Å². The monoisotopic (exact) mass is 326 g/mol. The normalized spacial score (nSPS) is 11.0. The first-order valence-corrected chi connectivity index (χ1v) is 7.75. The van der Waals surface area contributed by atoms with Crippen molar-refractivity contribution in [2.45, 2.75) is 32.8 Å². The molecule has 0 saturated heterocycles. The van der Waals surface area contributed by atoms with E-state index in [0.29, 0.717) is 11.1 Å². The maximum atomic E-state index is 12.3. The Morgan fingerprint density at radius 3 is 2.29 bits per heavy atom. The third-order valence-electron chi connectivity index (χ3n) is 3.73. The van der Waals surface area contributed by atoms with E-state index < -0.39 is 0 Å². The van der Waals surface area contributed by atoms with Crippen LogP contribution in [0.25, 0.3) is 0 Å². The zero-order chi connectivity index (χ0) is 17.7. The van der Waals surface area contributed by atoms with Gasteiger partial charge in [0.1, 0.15) is 18.6 Å². The van der Waals surface area contributed by atoms with Gasteiger partial charge >= 0.3 is 5.97 Å². The number of aldehydes is 1. The fourth-order valence-corrected chi connectivity index (χ4v) is 2.35.